The summed E-state index contributed by atoms with van der Waals surface area (Å²) in [7, 11) is 0. The smallest absolute Gasteiger partial charge is 0.256 e. The predicted octanol–water partition coefficient (Wildman–Crippen LogP) is 4.08. The van der Waals surface area contributed by atoms with Crippen molar-refractivity contribution < 1.29 is 14.4 Å². The van der Waals surface area contributed by atoms with Gasteiger partial charge in [-0.25, -0.2) is 0 Å². The molecule has 1 saturated heterocycles. The van der Waals surface area contributed by atoms with Gasteiger partial charge in [-0.1, -0.05) is 48.5 Å². The van der Waals surface area contributed by atoms with Crippen molar-refractivity contribution in [3.8, 4) is 0 Å². The average Bonchev–Trinajstić information content (AvgIpc) is 3.34. The van der Waals surface area contributed by atoms with E-state index >= 15 is 0 Å². The number of rotatable bonds is 5. The van der Waals surface area contributed by atoms with E-state index in [0.29, 0.717) is 42.9 Å². The van der Waals surface area contributed by atoms with Gasteiger partial charge in [-0.05, 0) is 60.7 Å². The zero-order valence-electron chi connectivity index (χ0n) is 19.2. The van der Waals surface area contributed by atoms with E-state index in [4.69, 9.17) is 0 Å². The Labute approximate surface area is 199 Å². The number of hydrogen-bond donors (Lipinski definition) is 1. The SMILES string of the molecule is Cc1ccccc1CNC(=O)c1ccc(CN2C(=O)[C@H]3CCCN3C(=O)c3ccccc32)cc1. The molecule has 1 fully saturated rings. The first-order chi connectivity index (χ1) is 16.5. The van der Waals surface area contributed by atoms with Gasteiger partial charge in [0.15, 0.2) is 0 Å². The van der Waals surface area contributed by atoms with Crippen molar-refractivity contribution in [1.29, 1.82) is 0 Å². The lowest BCUT2D eigenvalue weighted by Crippen LogP contribution is -2.44. The Morgan fingerprint density at radius 3 is 2.50 bits per heavy atom. The first kappa shape index (κ1) is 21.9. The molecule has 6 nitrogen and oxygen atoms in total. The summed E-state index contributed by atoms with van der Waals surface area (Å²) in [5, 5.41) is 2.97. The van der Waals surface area contributed by atoms with Gasteiger partial charge in [-0.2, -0.15) is 0 Å². The van der Waals surface area contributed by atoms with Gasteiger partial charge in [-0.3, -0.25) is 14.4 Å². The second-order valence-corrected chi connectivity index (χ2v) is 8.90. The number of para-hydroxylation sites is 1. The van der Waals surface area contributed by atoms with Crippen molar-refractivity contribution in [3.05, 3.63) is 101 Å². The molecule has 3 amide bonds. The number of nitrogens with one attached hydrogen (secondary N) is 1. The minimum absolute atomic E-state index is 0.0455. The number of hydrogen-bond acceptors (Lipinski definition) is 3. The predicted molar refractivity (Wildman–Crippen MR) is 130 cm³/mol. The molecule has 0 radical (unpaired) electrons. The van der Waals surface area contributed by atoms with Gasteiger partial charge in [0.2, 0.25) is 5.91 Å². The third-order valence-electron chi connectivity index (χ3n) is 6.75. The van der Waals surface area contributed by atoms with Gasteiger partial charge in [-0.15, -0.1) is 0 Å². The van der Waals surface area contributed by atoms with Crippen LogP contribution in [0.5, 0.6) is 0 Å². The van der Waals surface area contributed by atoms with Gasteiger partial charge >= 0.3 is 0 Å². The molecular formula is C28H27N3O3. The Kier molecular flexibility index (Phi) is 5.88. The molecular weight excluding hydrogens is 426 g/mol. The quantitative estimate of drug-likeness (QED) is 0.633. The van der Waals surface area contributed by atoms with Crippen molar-refractivity contribution in [2.24, 2.45) is 0 Å². The van der Waals surface area contributed by atoms with Crippen LogP contribution in [0.2, 0.25) is 0 Å². The minimum atomic E-state index is -0.411. The number of carbonyl (C=O) groups is 3. The van der Waals surface area contributed by atoms with Crippen LogP contribution in [0, 0.1) is 6.92 Å². The van der Waals surface area contributed by atoms with Crippen LogP contribution in [-0.2, 0) is 17.9 Å². The van der Waals surface area contributed by atoms with E-state index in [1.807, 2.05) is 61.5 Å². The lowest BCUT2D eigenvalue weighted by Gasteiger charge is -2.26. The van der Waals surface area contributed by atoms with E-state index in [2.05, 4.69) is 5.32 Å². The molecule has 5 rings (SSSR count). The maximum absolute atomic E-state index is 13.4. The van der Waals surface area contributed by atoms with Crippen LogP contribution < -0.4 is 10.2 Å². The largest absolute Gasteiger partial charge is 0.348 e. The van der Waals surface area contributed by atoms with E-state index in [1.54, 1.807) is 28.0 Å². The maximum atomic E-state index is 13.4. The van der Waals surface area contributed by atoms with Gasteiger partial charge < -0.3 is 15.1 Å². The van der Waals surface area contributed by atoms with E-state index in [0.717, 1.165) is 23.1 Å². The molecule has 3 aromatic carbocycles. The molecule has 0 spiro atoms. The van der Waals surface area contributed by atoms with Crippen molar-refractivity contribution in [1.82, 2.24) is 10.2 Å². The number of nitrogens with zero attached hydrogens (tertiary/aromatic N) is 2. The lowest BCUT2D eigenvalue weighted by molar-refractivity contribution is -0.122. The Morgan fingerprint density at radius 1 is 0.971 bits per heavy atom. The number of benzene rings is 3. The second kappa shape index (κ2) is 9.14. The molecule has 2 aliphatic rings. The second-order valence-electron chi connectivity index (χ2n) is 8.90. The summed E-state index contributed by atoms with van der Waals surface area (Å²) in [6.07, 6.45) is 1.53. The number of amides is 3. The molecule has 1 atom stereocenters. The molecule has 1 N–H and O–H groups in total. The number of fused-ring (bicyclic) bond motifs is 2. The van der Waals surface area contributed by atoms with E-state index < -0.39 is 6.04 Å². The van der Waals surface area contributed by atoms with Gasteiger partial charge in [0, 0.05) is 18.7 Å². The standard InChI is InChI=1S/C28H27N3O3/c1-19-7-2-3-8-22(19)17-29-26(32)21-14-12-20(13-15-21)18-31-24-10-5-4-9-23(24)27(33)30-16-6-11-25(30)28(31)34/h2-5,7-10,12-15,25H,6,11,16-18H2,1H3,(H,29,32)/t25-/m1/s1. The normalized spacial score (nSPS) is 17.3. The molecule has 2 heterocycles. The molecule has 0 unspecified atom stereocenters. The fraction of sp³-hybridized carbons (Fsp3) is 0.250. The Morgan fingerprint density at radius 2 is 1.71 bits per heavy atom. The molecule has 0 aliphatic carbocycles. The van der Waals surface area contributed by atoms with Crippen LogP contribution in [0.25, 0.3) is 0 Å². The van der Waals surface area contributed by atoms with Crippen LogP contribution in [0.15, 0.2) is 72.8 Å². The van der Waals surface area contributed by atoms with Crippen molar-refractivity contribution >= 4 is 23.4 Å². The highest BCUT2D eigenvalue weighted by Gasteiger charge is 2.41. The highest BCUT2D eigenvalue weighted by molar-refractivity contribution is 6.11. The average molecular weight is 454 g/mol. The van der Waals surface area contributed by atoms with E-state index in [-0.39, 0.29) is 17.7 Å². The lowest BCUT2D eigenvalue weighted by atomic mass is 10.1. The Balaban J connectivity index is 1.33. The first-order valence-electron chi connectivity index (χ1n) is 11.7. The van der Waals surface area contributed by atoms with Crippen LogP contribution in [0.1, 0.15) is 50.2 Å². The summed E-state index contributed by atoms with van der Waals surface area (Å²) < 4.78 is 0. The molecule has 172 valence electrons. The summed E-state index contributed by atoms with van der Waals surface area (Å²) in [6, 6.07) is 22.2. The topological polar surface area (TPSA) is 69.7 Å². The molecule has 3 aromatic rings. The van der Waals surface area contributed by atoms with Crippen molar-refractivity contribution in [3.63, 3.8) is 0 Å². The summed E-state index contributed by atoms with van der Waals surface area (Å²) in [6.45, 7) is 3.46. The van der Waals surface area contributed by atoms with Gasteiger partial charge in [0.1, 0.15) is 6.04 Å². The molecule has 2 aliphatic heterocycles. The van der Waals surface area contributed by atoms with Gasteiger partial charge in [0.05, 0.1) is 17.8 Å². The summed E-state index contributed by atoms with van der Waals surface area (Å²) in [5.74, 6) is -0.260. The van der Waals surface area contributed by atoms with Crippen LogP contribution in [0.3, 0.4) is 0 Å². The highest BCUT2D eigenvalue weighted by atomic mass is 16.2. The minimum Gasteiger partial charge on any atom is -0.348 e. The number of carbonyl (C=O) groups excluding carboxylic acids is 3. The first-order valence-corrected chi connectivity index (χ1v) is 11.7. The molecule has 0 bridgehead atoms. The molecule has 6 heteroatoms. The Hall–Kier alpha value is -3.93. The van der Waals surface area contributed by atoms with Crippen LogP contribution in [-0.4, -0.2) is 35.2 Å². The van der Waals surface area contributed by atoms with Crippen LogP contribution in [0.4, 0.5) is 5.69 Å². The zero-order chi connectivity index (χ0) is 23.7. The maximum Gasteiger partial charge on any atom is 0.256 e. The highest BCUT2D eigenvalue weighted by Crippen LogP contribution is 2.33. The fourth-order valence-electron chi connectivity index (χ4n) is 4.80. The number of aryl methyl sites for hydroxylation is 1. The molecule has 34 heavy (non-hydrogen) atoms. The summed E-state index contributed by atoms with van der Waals surface area (Å²) in [4.78, 5) is 42.6. The monoisotopic (exact) mass is 453 g/mol. The third kappa shape index (κ3) is 4.07. The van der Waals surface area contributed by atoms with E-state index in [9.17, 15) is 14.4 Å². The fourth-order valence-corrected chi connectivity index (χ4v) is 4.80. The summed E-state index contributed by atoms with van der Waals surface area (Å²) in [5.41, 5.74) is 4.90. The van der Waals surface area contributed by atoms with Crippen LogP contribution >= 0.6 is 0 Å². The van der Waals surface area contributed by atoms with Gasteiger partial charge in [0.25, 0.3) is 11.8 Å². The summed E-state index contributed by atoms with van der Waals surface area (Å²) >= 11 is 0. The Bertz CT molecular complexity index is 1250. The third-order valence-corrected chi connectivity index (χ3v) is 6.75. The van der Waals surface area contributed by atoms with Crippen molar-refractivity contribution in [2.75, 3.05) is 11.4 Å². The zero-order valence-corrected chi connectivity index (χ0v) is 19.2. The molecule has 0 saturated carbocycles. The number of anilines is 1. The van der Waals surface area contributed by atoms with Crippen molar-refractivity contribution in [2.45, 2.75) is 38.9 Å². The van der Waals surface area contributed by atoms with E-state index in [1.165, 1.54) is 0 Å². The molecule has 0 aromatic heterocycles.